The van der Waals surface area contributed by atoms with Crippen molar-refractivity contribution in [3.05, 3.63) is 35.9 Å². The summed E-state index contributed by atoms with van der Waals surface area (Å²) in [6.07, 6.45) is 13.2. The van der Waals surface area contributed by atoms with E-state index in [0.29, 0.717) is 12.3 Å². The molecule has 0 aromatic carbocycles. The van der Waals surface area contributed by atoms with Crippen LogP contribution in [-0.4, -0.2) is 52.8 Å². The average molecular weight is 359 g/mol. The number of hydrogen-bond donors (Lipinski definition) is 1. The summed E-state index contributed by atoms with van der Waals surface area (Å²) in [4.78, 5) is 7.58. The zero-order valence-electron chi connectivity index (χ0n) is 15.9. The Hall–Kier alpha value is -1.46. The fourth-order valence-electron chi connectivity index (χ4n) is 4.31. The molecule has 1 N–H and O–H groups in total. The minimum Gasteiger partial charge on any atom is -0.333 e. The molecule has 0 spiro atoms. The minimum atomic E-state index is -1.22. The Balaban J connectivity index is 1.55. The summed E-state index contributed by atoms with van der Waals surface area (Å²) < 4.78 is 16.4. The van der Waals surface area contributed by atoms with Gasteiger partial charge in [0.15, 0.2) is 0 Å². The maximum absolute atomic E-state index is 14.1. The fourth-order valence-corrected chi connectivity index (χ4v) is 4.31. The van der Waals surface area contributed by atoms with Gasteiger partial charge in [-0.25, -0.2) is 9.37 Å². The van der Waals surface area contributed by atoms with E-state index in [2.05, 4.69) is 21.0 Å². The van der Waals surface area contributed by atoms with E-state index in [1.807, 2.05) is 12.2 Å². The van der Waals surface area contributed by atoms with E-state index in [1.165, 1.54) is 31.8 Å². The Morgan fingerprint density at radius 2 is 2.00 bits per heavy atom. The summed E-state index contributed by atoms with van der Waals surface area (Å²) in [6, 6.07) is 0. The summed E-state index contributed by atoms with van der Waals surface area (Å²) in [6.45, 7) is 8.34. The third-order valence-electron chi connectivity index (χ3n) is 5.99. The number of nitrogens with zero attached hydrogens (tertiary/aromatic N) is 3. The van der Waals surface area contributed by atoms with Crippen LogP contribution in [0.25, 0.3) is 5.57 Å². The Bertz CT molecular complexity index is 676. The van der Waals surface area contributed by atoms with Gasteiger partial charge in [0.2, 0.25) is 0 Å². The van der Waals surface area contributed by atoms with Crippen LogP contribution >= 0.6 is 0 Å². The molecule has 1 atom stereocenters. The van der Waals surface area contributed by atoms with Crippen LogP contribution in [0.3, 0.4) is 0 Å². The second-order valence-electron chi connectivity index (χ2n) is 8.23. The van der Waals surface area contributed by atoms with Gasteiger partial charge in [-0.1, -0.05) is 12.2 Å². The van der Waals surface area contributed by atoms with Crippen molar-refractivity contribution < 1.29 is 4.39 Å². The van der Waals surface area contributed by atoms with Crippen LogP contribution in [-0.2, 0) is 6.54 Å². The molecule has 26 heavy (non-hydrogen) atoms. The van der Waals surface area contributed by atoms with E-state index in [1.54, 1.807) is 13.0 Å². The molecule has 3 heterocycles. The predicted molar refractivity (Wildman–Crippen MR) is 104 cm³/mol. The first-order chi connectivity index (χ1) is 12.6. The molecule has 4 rings (SSSR count). The van der Waals surface area contributed by atoms with Crippen LogP contribution in [0.15, 0.2) is 24.4 Å². The quantitative estimate of drug-likeness (QED) is 0.874. The smallest absolute Gasteiger partial charge is 0.130 e. The van der Waals surface area contributed by atoms with E-state index < -0.39 is 5.67 Å². The lowest BCUT2D eigenvalue weighted by Crippen LogP contribution is -2.29. The summed E-state index contributed by atoms with van der Waals surface area (Å²) in [5.41, 5.74) is 0.849. The maximum atomic E-state index is 14.1. The van der Waals surface area contributed by atoms with Crippen molar-refractivity contribution >= 4 is 5.57 Å². The highest BCUT2D eigenvalue weighted by Gasteiger charge is 2.25. The first-order valence-electron chi connectivity index (χ1n) is 10.2. The molecule has 2 saturated heterocycles. The van der Waals surface area contributed by atoms with Crippen molar-refractivity contribution in [2.75, 3.05) is 32.7 Å². The zero-order valence-corrected chi connectivity index (χ0v) is 15.9. The van der Waals surface area contributed by atoms with Crippen molar-refractivity contribution in [3.8, 4) is 0 Å². The summed E-state index contributed by atoms with van der Waals surface area (Å²) >= 11 is 0. The Kier molecular flexibility index (Phi) is 5.28. The number of aromatic nitrogens is 2. The van der Waals surface area contributed by atoms with Crippen molar-refractivity contribution in [2.24, 2.45) is 0 Å². The molecular formula is C21H31FN4. The number of halogens is 1. The van der Waals surface area contributed by atoms with E-state index in [9.17, 15) is 4.39 Å². The zero-order chi connectivity index (χ0) is 18.0. The third-order valence-corrected chi connectivity index (χ3v) is 5.99. The van der Waals surface area contributed by atoms with E-state index >= 15 is 0 Å². The lowest BCUT2D eigenvalue weighted by molar-refractivity contribution is 0.260. The molecule has 5 heteroatoms. The van der Waals surface area contributed by atoms with Gasteiger partial charge in [0.05, 0.1) is 5.69 Å². The van der Waals surface area contributed by atoms with Crippen LogP contribution in [0.5, 0.6) is 0 Å². The molecule has 0 amide bonds. The maximum Gasteiger partial charge on any atom is 0.130 e. The van der Waals surface area contributed by atoms with Gasteiger partial charge in [-0.3, -0.25) is 0 Å². The van der Waals surface area contributed by atoms with Gasteiger partial charge in [0.1, 0.15) is 11.5 Å². The number of imidazole rings is 1. The Morgan fingerprint density at radius 3 is 2.69 bits per heavy atom. The van der Waals surface area contributed by atoms with Gasteiger partial charge < -0.3 is 14.8 Å². The molecule has 2 aliphatic heterocycles. The molecule has 0 radical (unpaired) electrons. The topological polar surface area (TPSA) is 33.1 Å². The number of nitrogens with one attached hydrogen (secondary N) is 1. The van der Waals surface area contributed by atoms with E-state index in [-0.39, 0.29) is 0 Å². The van der Waals surface area contributed by atoms with Crippen LogP contribution in [0.4, 0.5) is 4.39 Å². The van der Waals surface area contributed by atoms with Crippen LogP contribution in [0, 0.1) is 0 Å². The number of piperidine rings is 1. The van der Waals surface area contributed by atoms with Gasteiger partial charge in [-0.2, -0.15) is 0 Å². The highest BCUT2D eigenvalue weighted by Crippen LogP contribution is 2.31. The highest BCUT2D eigenvalue weighted by molar-refractivity contribution is 5.73. The Morgan fingerprint density at radius 1 is 1.23 bits per heavy atom. The van der Waals surface area contributed by atoms with Crippen LogP contribution in [0.2, 0.25) is 0 Å². The monoisotopic (exact) mass is 358 g/mol. The molecule has 0 saturated carbocycles. The fraction of sp³-hybridized carbons (Fsp3) is 0.667. The lowest BCUT2D eigenvalue weighted by Gasteiger charge is -2.24. The molecule has 2 fully saturated rings. The van der Waals surface area contributed by atoms with Crippen LogP contribution < -0.4 is 5.32 Å². The summed E-state index contributed by atoms with van der Waals surface area (Å²) in [7, 11) is 0. The highest BCUT2D eigenvalue weighted by atomic mass is 19.1. The molecule has 1 aromatic rings. The molecular weight excluding hydrogens is 327 g/mol. The van der Waals surface area contributed by atoms with Crippen LogP contribution in [0.1, 0.15) is 56.5 Å². The van der Waals surface area contributed by atoms with E-state index in [4.69, 9.17) is 4.98 Å². The molecule has 1 aromatic heterocycles. The number of hydrogen-bond acceptors (Lipinski definition) is 3. The van der Waals surface area contributed by atoms with E-state index in [0.717, 1.165) is 50.3 Å². The Labute approximate surface area is 156 Å². The van der Waals surface area contributed by atoms with Gasteiger partial charge in [-0.15, -0.1) is 0 Å². The lowest BCUT2D eigenvalue weighted by atomic mass is 9.94. The largest absolute Gasteiger partial charge is 0.333 e. The molecule has 4 nitrogen and oxygen atoms in total. The number of rotatable bonds is 5. The van der Waals surface area contributed by atoms with Crippen molar-refractivity contribution in [3.63, 3.8) is 0 Å². The standard InChI is InChI=1S/C21H31FN4/c1-21(22)8-4-17(5-9-21)19-16-26(15-14-25-12-2-3-13-25)20(24-19)18-6-10-23-11-7-18/h4-5,8,16,18,23H,2-3,6-7,9-15H2,1H3. The second kappa shape index (κ2) is 7.65. The first-order valence-corrected chi connectivity index (χ1v) is 10.2. The number of allylic oxidation sites excluding steroid dienone is 4. The normalized spacial score (nSPS) is 27.8. The van der Waals surface area contributed by atoms with Crippen molar-refractivity contribution in [1.29, 1.82) is 0 Å². The molecule has 0 bridgehead atoms. The van der Waals surface area contributed by atoms with Gasteiger partial charge in [-0.05, 0) is 70.4 Å². The van der Waals surface area contributed by atoms with Gasteiger partial charge >= 0.3 is 0 Å². The van der Waals surface area contributed by atoms with Crippen molar-refractivity contribution in [2.45, 2.75) is 57.2 Å². The number of likely N-dealkylation sites (tertiary alicyclic amines) is 1. The summed E-state index contributed by atoms with van der Waals surface area (Å²) in [5.74, 6) is 1.76. The SMILES string of the molecule is CC1(F)C=CC(c2cn(CCN3CCCC3)c(C3CCNCC3)n2)=CC1. The predicted octanol–water partition coefficient (Wildman–Crippen LogP) is 3.52. The summed E-state index contributed by atoms with van der Waals surface area (Å²) in [5, 5.41) is 3.45. The minimum absolute atomic E-state index is 0.433. The molecule has 3 aliphatic rings. The molecule has 1 aliphatic carbocycles. The molecule has 1 unspecified atom stereocenters. The van der Waals surface area contributed by atoms with Gasteiger partial charge in [0, 0.05) is 31.6 Å². The average Bonchev–Trinajstić information content (AvgIpc) is 3.30. The third kappa shape index (κ3) is 4.09. The van der Waals surface area contributed by atoms with Gasteiger partial charge in [0.25, 0.3) is 0 Å². The molecule has 142 valence electrons. The first kappa shape index (κ1) is 17.9. The number of alkyl halides is 1. The van der Waals surface area contributed by atoms with Crippen molar-refractivity contribution in [1.82, 2.24) is 19.8 Å². The second-order valence-corrected chi connectivity index (χ2v) is 8.23.